The van der Waals surface area contributed by atoms with Crippen molar-refractivity contribution < 1.29 is 19.0 Å². The van der Waals surface area contributed by atoms with Crippen LogP contribution in [-0.2, 0) is 9.53 Å². The van der Waals surface area contributed by atoms with E-state index in [1.807, 2.05) is 38.1 Å². The number of carbonyl (C=O) groups excluding carboxylic acids is 1. The van der Waals surface area contributed by atoms with Crippen molar-refractivity contribution in [2.24, 2.45) is 0 Å². The van der Waals surface area contributed by atoms with Gasteiger partial charge in [-0.1, -0.05) is 12.1 Å². The standard InChI is InChI=1S/C15H19NO4/c1-10-7-16(8-11(2)19-10)15(17)14-9-18-12-5-3-4-6-13(12)20-14/h3-6,10-11,14H,7-9H2,1-2H3/t10-,11-,14+/m1/s1. The molecule has 1 saturated heterocycles. The highest BCUT2D eigenvalue weighted by molar-refractivity contribution is 5.82. The Morgan fingerprint density at radius 2 is 1.80 bits per heavy atom. The molecule has 0 aromatic heterocycles. The number of hydrogen-bond donors (Lipinski definition) is 0. The lowest BCUT2D eigenvalue weighted by Gasteiger charge is -2.37. The van der Waals surface area contributed by atoms with E-state index in [1.165, 1.54) is 0 Å². The van der Waals surface area contributed by atoms with Crippen molar-refractivity contribution >= 4 is 5.91 Å². The third-order valence-electron chi connectivity index (χ3n) is 3.52. The molecular weight excluding hydrogens is 258 g/mol. The van der Waals surface area contributed by atoms with Gasteiger partial charge in [0.05, 0.1) is 12.2 Å². The average molecular weight is 277 g/mol. The van der Waals surface area contributed by atoms with E-state index < -0.39 is 6.10 Å². The van der Waals surface area contributed by atoms with Crippen LogP contribution in [0.4, 0.5) is 0 Å². The molecule has 1 aromatic carbocycles. The van der Waals surface area contributed by atoms with Crippen molar-refractivity contribution in [3.63, 3.8) is 0 Å². The summed E-state index contributed by atoms with van der Waals surface area (Å²) in [4.78, 5) is 14.3. The highest BCUT2D eigenvalue weighted by atomic mass is 16.6. The number of nitrogens with zero attached hydrogens (tertiary/aromatic N) is 1. The lowest BCUT2D eigenvalue weighted by Crippen LogP contribution is -2.54. The van der Waals surface area contributed by atoms with Gasteiger partial charge in [-0.25, -0.2) is 0 Å². The summed E-state index contributed by atoms with van der Waals surface area (Å²) in [5.74, 6) is 1.30. The fourth-order valence-corrected chi connectivity index (χ4v) is 2.70. The topological polar surface area (TPSA) is 48.0 Å². The van der Waals surface area contributed by atoms with Gasteiger partial charge in [0, 0.05) is 13.1 Å². The molecule has 5 nitrogen and oxygen atoms in total. The third kappa shape index (κ3) is 2.58. The van der Waals surface area contributed by atoms with Gasteiger partial charge in [0.25, 0.3) is 5.91 Å². The highest BCUT2D eigenvalue weighted by Gasteiger charge is 2.34. The minimum Gasteiger partial charge on any atom is -0.485 e. The van der Waals surface area contributed by atoms with E-state index >= 15 is 0 Å². The third-order valence-corrected chi connectivity index (χ3v) is 3.52. The quantitative estimate of drug-likeness (QED) is 0.780. The number of carbonyl (C=O) groups is 1. The summed E-state index contributed by atoms with van der Waals surface area (Å²) in [5.41, 5.74) is 0. The van der Waals surface area contributed by atoms with Gasteiger partial charge < -0.3 is 19.1 Å². The van der Waals surface area contributed by atoms with Gasteiger partial charge in [-0.2, -0.15) is 0 Å². The van der Waals surface area contributed by atoms with E-state index in [4.69, 9.17) is 14.2 Å². The zero-order valence-corrected chi connectivity index (χ0v) is 11.7. The van der Waals surface area contributed by atoms with E-state index in [2.05, 4.69) is 0 Å². The van der Waals surface area contributed by atoms with Crippen LogP contribution in [0.1, 0.15) is 13.8 Å². The summed E-state index contributed by atoms with van der Waals surface area (Å²) in [5, 5.41) is 0. The molecule has 20 heavy (non-hydrogen) atoms. The summed E-state index contributed by atoms with van der Waals surface area (Å²) < 4.78 is 17.0. The number of rotatable bonds is 1. The van der Waals surface area contributed by atoms with E-state index in [-0.39, 0.29) is 24.7 Å². The molecule has 1 amide bonds. The van der Waals surface area contributed by atoms with Gasteiger partial charge in [0.1, 0.15) is 6.61 Å². The van der Waals surface area contributed by atoms with Crippen molar-refractivity contribution in [1.29, 1.82) is 0 Å². The summed E-state index contributed by atoms with van der Waals surface area (Å²) in [6, 6.07) is 7.41. The molecule has 0 spiro atoms. The van der Waals surface area contributed by atoms with E-state index in [1.54, 1.807) is 4.90 Å². The van der Waals surface area contributed by atoms with Gasteiger partial charge in [-0.3, -0.25) is 4.79 Å². The molecule has 1 aromatic rings. The van der Waals surface area contributed by atoms with Crippen LogP contribution in [0.5, 0.6) is 11.5 Å². The fourth-order valence-electron chi connectivity index (χ4n) is 2.70. The Labute approximate surface area is 118 Å². The summed E-state index contributed by atoms with van der Waals surface area (Å²) in [7, 11) is 0. The Hall–Kier alpha value is -1.75. The first kappa shape index (κ1) is 13.2. The van der Waals surface area contributed by atoms with Crippen LogP contribution in [0.25, 0.3) is 0 Å². The van der Waals surface area contributed by atoms with Crippen LogP contribution in [0, 0.1) is 0 Å². The molecule has 2 aliphatic rings. The van der Waals surface area contributed by atoms with Crippen LogP contribution in [0.3, 0.4) is 0 Å². The monoisotopic (exact) mass is 277 g/mol. The molecule has 0 unspecified atom stereocenters. The van der Waals surface area contributed by atoms with E-state index in [9.17, 15) is 4.79 Å². The van der Waals surface area contributed by atoms with Crippen LogP contribution in [0.15, 0.2) is 24.3 Å². The van der Waals surface area contributed by atoms with Crippen molar-refractivity contribution in [3.05, 3.63) is 24.3 Å². The first-order valence-electron chi connectivity index (χ1n) is 6.96. The molecule has 3 atom stereocenters. The molecule has 108 valence electrons. The zero-order chi connectivity index (χ0) is 14.1. The zero-order valence-electron chi connectivity index (χ0n) is 11.7. The second-order valence-electron chi connectivity index (χ2n) is 5.36. The Morgan fingerprint density at radius 1 is 1.15 bits per heavy atom. The Balaban J connectivity index is 1.69. The molecular formula is C15H19NO4. The van der Waals surface area contributed by atoms with Crippen LogP contribution < -0.4 is 9.47 Å². The number of para-hydroxylation sites is 2. The lowest BCUT2D eigenvalue weighted by molar-refractivity contribution is -0.152. The van der Waals surface area contributed by atoms with Crippen molar-refractivity contribution in [3.8, 4) is 11.5 Å². The van der Waals surface area contributed by atoms with Crippen LogP contribution in [0.2, 0.25) is 0 Å². The van der Waals surface area contributed by atoms with Crippen LogP contribution >= 0.6 is 0 Å². The summed E-state index contributed by atoms with van der Waals surface area (Å²) >= 11 is 0. The average Bonchev–Trinajstić information content (AvgIpc) is 2.45. The van der Waals surface area contributed by atoms with E-state index in [0.717, 1.165) is 0 Å². The van der Waals surface area contributed by atoms with Crippen molar-refractivity contribution in [1.82, 2.24) is 4.90 Å². The SMILES string of the molecule is C[C@@H]1CN(C(=O)[C@@H]2COc3ccccc3O2)C[C@@H](C)O1. The molecule has 0 bridgehead atoms. The Kier molecular flexibility index (Phi) is 3.53. The fraction of sp³-hybridized carbons (Fsp3) is 0.533. The molecule has 1 fully saturated rings. The number of benzene rings is 1. The number of morpholine rings is 1. The molecule has 5 heteroatoms. The number of hydrogen-bond acceptors (Lipinski definition) is 4. The molecule has 3 rings (SSSR count). The molecule has 0 radical (unpaired) electrons. The molecule has 0 aliphatic carbocycles. The minimum atomic E-state index is -0.567. The Bertz CT molecular complexity index is 494. The molecule has 2 heterocycles. The molecule has 0 N–H and O–H groups in total. The predicted molar refractivity (Wildman–Crippen MR) is 72.9 cm³/mol. The Morgan fingerprint density at radius 3 is 2.50 bits per heavy atom. The van der Waals surface area contributed by atoms with Crippen molar-refractivity contribution in [2.45, 2.75) is 32.2 Å². The summed E-state index contributed by atoms with van der Waals surface area (Å²) in [6.45, 7) is 5.41. The van der Waals surface area contributed by atoms with Gasteiger partial charge in [-0.15, -0.1) is 0 Å². The second kappa shape index (κ2) is 5.32. The smallest absolute Gasteiger partial charge is 0.267 e. The number of fused-ring (bicyclic) bond motifs is 1. The first-order valence-corrected chi connectivity index (χ1v) is 6.96. The molecule has 0 saturated carbocycles. The highest BCUT2D eigenvalue weighted by Crippen LogP contribution is 2.31. The van der Waals surface area contributed by atoms with Gasteiger partial charge in [-0.05, 0) is 26.0 Å². The maximum atomic E-state index is 12.5. The van der Waals surface area contributed by atoms with Crippen LogP contribution in [-0.4, -0.2) is 48.8 Å². The normalized spacial score (nSPS) is 29.1. The van der Waals surface area contributed by atoms with Gasteiger partial charge >= 0.3 is 0 Å². The van der Waals surface area contributed by atoms with Gasteiger partial charge in [0.15, 0.2) is 11.5 Å². The van der Waals surface area contributed by atoms with E-state index in [0.29, 0.717) is 24.6 Å². The summed E-state index contributed by atoms with van der Waals surface area (Å²) in [6.07, 6.45) is -0.457. The first-order chi connectivity index (χ1) is 9.63. The van der Waals surface area contributed by atoms with Gasteiger partial charge in [0.2, 0.25) is 6.10 Å². The van der Waals surface area contributed by atoms with Crippen molar-refractivity contribution in [2.75, 3.05) is 19.7 Å². The maximum Gasteiger partial charge on any atom is 0.267 e. The largest absolute Gasteiger partial charge is 0.485 e. The number of amides is 1. The minimum absolute atomic E-state index is 0.0264. The molecule has 2 aliphatic heterocycles. The number of ether oxygens (including phenoxy) is 3. The maximum absolute atomic E-state index is 12.5. The lowest BCUT2D eigenvalue weighted by atomic mass is 10.2. The second-order valence-corrected chi connectivity index (χ2v) is 5.36. The predicted octanol–water partition coefficient (Wildman–Crippen LogP) is 1.46.